The second-order valence-corrected chi connectivity index (χ2v) is 7.74. The number of thiocarbonyl (C=S) groups is 1. The lowest BCUT2D eigenvalue weighted by molar-refractivity contribution is -0.120. The van der Waals surface area contributed by atoms with E-state index in [4.69, 9.17) is 17.0 Å². The largest absolute Gasteiger partial charge is 0.494 e. The summed E-state index contributed by atoms with van der Waals surface area (Å²) < 4.78 is 5.67. The van der Waals surface area contributed by atoms with Crippen LogP contribution in [0.3, 0.4) is 0 Å². The van der Waals surface area contributed by atoms with E-state index in [9.17, 15) is 9.59 Å². The van der Waals surface area contributed by atoms with Gasteiger partial charge in [0, 0.05) is 24.7 Å². The van der Waals surface area contributed by atoms with Crippen molar-refractivity contribution < 1.29 is 14.3 Å². The smallest absolute Gasteiger partial charge is 0.257 e. The average Bonchev–Trinajstić information content (AvgIpc) is 2.73. The summed E-state index contributed by atoms with van der Waals surface area (Å²) in [5.74, 6) is 1.05. The minimum absolute atomic E-state index is 0.0104. The Morgan fingerprint density at radius 3 is 2.30 bits per heavy atom. The molecule has 7 heteroatoms. The van der Waals surface area contributed by atoms with Gasteiger partial charge in [-0.15, -0.1) is 0 Å². The van der Waals surface area contributed by atoms with Crippen LogP contribution in [-0.4, -0.2) is 30.6 Å². The Hall–Kier alpha value is -2.93. The zero-order chi connectivity index (χ0) is 21.9. The summed E-state index contributed by atoms with van der Waals surface area (Å²) in [6.07, 6.45) is 2.09. The highest BCUT2D eigenvalue weighted by atomic mass is 32.1. The van der Waals surface area contributed by atoms with E-state index in [0.29, 0.717) is 30.9 Å². The summed E-state index contributed by atoms with van der Waals surface area (Å²) in [6, 6.07) is 14.6. The molecule has 0 heterocycles. The highest BCUT2D eigenvalue weighted by molar-refractivity contribution is 7.80. The third-order valence-corrected chi connectivity index (χ3v) is 4.64. The molecule has 0 spiro atoms. The van der Waals surface area contributed by atoms with Gasteiger partial charge in [-0.25, -0.2) is 0 Å². The van der Waals surface area contributed by atoms with Crippen molar-refractivity contribution >= 4 is 34.8 Å². The normalized spacial score (nSPS) is 10.4. The van der Waals surface area contributed by atoms with Gasteiger partial charge < -0.3 is 15.4 Å². The maximum Gasteiger partial charge on any atom is 0.257 e. The van der Waals surface area contributed by atoms with Crippen LogP contribution >= 0.6 is 12.2 Å². The van der Waals surface area contributed by atoms with E-state index in [-0.39, 0.29) is 16.9 Å². The first-order chi connectivity index (χ1) is 14.4. The predicted molar refractivity (Wildman–Crippen MR) is 124 cm³/mol. The zero-order valence-electron chi connectivity index (χ0n) is 17.7. The van der Waals surface area contributed by atoms with Crippen LogP contribution in [0.2, 0.25) is 0 Å². The molecule has 2 amide bonds. The number of anilines is 1. The molecule has 0 saturated heterocycles. The fourth-order valence-corrected chi connectivity index (χ4v) is 2.80. The Morgan fingerprint density at radius 2 is 1.70 bits per heavy atom. The van der Waals surface area contributed by atoms with E-state index in [0.717, 1.165) is 23.4 Å². The molecule has 30 heavy (non-hydrogen) atoms. The monoisotopic (exact) mass is 427 g/mol. The van der Waals surface area contributed by atoms with Crippen LogP contribution in [0.4, 0.5) is 5.69 Å². The first kappa shape index (κ1) is 23.3. The predicted octanol–water partition coefficient (Wildman–Crippen LogP) is 3.92. The van der Waals surface area contributed by atoms with Crippen molar-refractivity contribution in [2.24, 2.45) is 5.92 Å². The van der Waals surface area contributed by atoms with Gasteiger partial charge in [-0.05, 0) is 72.9 Å². The Labute approximate surface area is 183 Å². The van der Waals surface area contributed by atoms with Gasteiger partial charge in [0.25, 0.3) is 5.91 Å². The molecule has 0 aliphatic heterocycles. The maximum atomic E-state index is 12.4. The van der Waals surface area contributed by atoms with Crippen molar-refractivity contribution in [3.8, 4) is 5.75 Å². The van der Waals surface area contributed by atoms with Crippen molar-refractivity contribution in [2.75, 3.05) is 19.0 Å². The first-order valence-electron chi connectivity index (χ1n) is 10.0. The number of rotatable bonds is 9. The number of amides is 2. The minimum atomic E-state index is -0.288. The van der Waals surface area contributed by atoms with E-state index in [1.807, 2.05) is 24.3 Å². The lowest BCUT2D eigenvalue weighted by Gasteiger charge is -2.11. The van der Waals surface area contributed by atoms with E-state index >= 15 is 0 Å². The van der Waals surface area contributed by atoms with Crippen LogP contribution in [-0.2, 0) is 11.2 Å². The van der Waals surface area contributed by atoms with Crippen molar-refractivity contribution in [1.82, 2.24) is 10.6 Å². The van der Waals surface area contributed by atoms with Crippen LogP contribution in [0.15, 0.2) is 48.5 Å². The second-order valence-electron chi connectivity index (χ2n) is 7.33. The molecule has 2 aromatic carbocycles. The van der Waals surface area contributed by atoms with Gasteiger partial charge in [0.05, 0.1) is 6.61 Å². The fourth-order valence-electron chi connectivity index (χ4n) is 2.59. The molecule has 2 aromatic rings. The molecule has 0 aliphatic carbocycles. The Kier molecular flexibility index (Phi) is 9.28. The molecule has 0 aliphatic rings. The zero-order valence-corrected chi connectivity index (χ0v) is 18.5. The van der Waals surface area contributed by atoms with Gasteiger partial charge >= 0.3 is 0 Å². The molecule has 160 valence electrons. The molecule has 0 radical (unpaired) electrons. The summed E-state index contributed by atoms with van der Waals surface area (Å²) >= 11 is 5.23. The lowest BCUT2D eigenvalue weighted by Crippen LogP contribution is -2.34. The number of ether oxygens (including phenoxy) is 1. The summed E-state index contributed by atoms with van der Waals surface area (Å²) in [4.78, 5) is 23.7. The van der Waals surface area contributed by atoms with E-state index < -0.39 is 0 Å². The molecule has 0 aromatic heterocycles. The Bertz CT molecular complexity index is 849. The number of hydrogen-bond acceptors (Lipinski definition) is 4. The average molecular weight is 428 g/mol. The van der Waals surface area contributed by atoms with Gasteiger partial charge in [0.1, 0.15) is 5.75 Å². The fraction of sp³-hybridized carbons (Fsp3) is 0.348. The molecule has 0 saturated carbocycles. The highest BCUT2D eigenvalue weighted by Gasteiger charge is 2.09. The molecule has 0 atom stereocenters. The number of carbonyl (C=O) groups is 2. The van der Waals surface area contributed by atoms with Crippen molar-refractivity contribution in [1.29, 1.82) is 0 Å². The number of benzene rings is 2. The van der Waals surface area contributed by atoms with Crippen LogP contribution in [0.5, 0.6) is 5.75 Å². The van der Waals surface area contributed by atoms with E-state index in [2.05, 4.69) is 29.8 Å². The van der Waals surface area contributed by atoms with E-state index in [1.54, 1.807) is 31.3 Å². The Morgan fingerprint density at radius 1 is 1.03 bits per heavy atom. The number of hydrogen-bond donors (Lipinski definition) is 3. The highest BCUT2D eigenvalue weighted by Crippen LogP contribution is 2.14. The molecule has 0 unspecified atom stereocenters. The van der Waals surface area contributed by atoms with Crippen molar-refractivity contribution in [2.45, 2.75) is 33.1 Å². The minimum Gasteiger partial charge on any atom is -0.494 e. The molecular weight excluding hydrogens is 398 g/mol. The van der Waals surface area contributed by atoms with Crippen molar-refractivity contribution in [3.05, 3.63) is 59.7 Å². The number of carbonyl (C=O) groups excluding carboxylic acids is 2. The topological polar surface area (TPSA) is 79.5 Å². The second kappa shape index (κ2) is 11.9. The third kappa shape index (κ3) is 8.21. The van der Waals surface area contributed by atoms with Crippen LogP contribution in [0.1, 0.15) is 42.6 Å². The van der Waals surface area contributed by atoms with Gasteiger partial charge in [0.2, 0.25) is 5.91 Å². The van der Waals surface area contributed by atoms with Crippen LogP contribution in [0.25, 0.3) is 0 Å². The number of nitrogens with one attached hydrogen (secondary N) is 3. The lowest BCUT2D eigenvalue weighted by atomic mass is 10.1. The maximum absolute atomic E-state index is 12.4. The van der Waals surface area contributed by atoms with Gasteiger partial charge in [-0.3, -0.25) is 14.9 Å². The summed E-state index contributed by atoms with van der Waals surface area (Å²) in [6.45, 7) is 4.95. The quantitative estimate of drug-likeness (QED) is 0.529. The van der Waals surface area contributed by atoms with Gasteiger partial charge in [-0.2, -0.15) is 0 Å². The molecule has 2 rings (SSSR count). The van der Waals surface area contributed by atoms with Gasteiger partial charge in [-0.1, -0.05) is 26.0 Å². The molecule has 3 N–H and O–H groups in total. The molecular formula is C23H29N3O3S. The Balaban J connectivity index is 1.81. The number of aryl methyl sites for hydroxylation is 1. The third-order valence-electron chi connectivity index (χ3n) is 4.44. The standard InChI is InChI=1S/C23H29N3O3S/c1-16(2)14-15-29-20-11-7-18(8-12-20)22(28)26-23(30)25-19-9-4-17(5-10-19)6-13-21(27)24-3/h4-5,7-12,16H,6,13-15H2,1-3H3,(H,24,27)(H2,25,26,28,30). The van der Waals surface area contributed by atoms with E-state index in [1.165, 1.54) is 0 Å². The van der Waals surface area contributed by atoms with Crippen LogP contribution in [0, 0.1) is 5.92 Å². The van der Waals surface area contributed by atoms with Crippen LogP contribution < -0.4 is 20.7 Å². The molecule has 0 fully saturated rings. The summed E-state index contributed by atoms with van der Waals surface area (Å²) in [5, 5.41) is 8.49. The van der Waals surface area contributed by atoms with Crippen molar-refractivity contribution in [3.63, 3.8) is 0 Å². The van der Waals surface area contributed by atoms with Gasteiger partial charge in [0.15, 0.2) is 5.11 Å². The SMILES string of the molecule is CNC(=O)CCc1ccc(NC(=S)NC(=O)c2ccc(OCCC(C)C)cc2)cc1. The summed E-state index contributed by atoms with van der Waals surface area (Å²) in [5.41, 5.74) is 2.31. The molecule has 6 nitrogen and oxygen atoms in total. The summed E-state index contributed by atoms with van der Waals surface area (Å²) in [7, 11) is 1.63. The first-order valence-corrected chi connectivity index (χ1v) is 10.4. The molecule has 0 bridgehead atoms.